The molecule has 2 aromatic carbocycles. The molecule has 0 spiro atoms. The number of benzene rings is 2. The maximum absolute atomic E-state index is 12.4. The predicted molar refractivity (Wildman–Crippen MR) is 141 cm³/mol. The summed E-state index contributed by atoms with van der Waals surface area (Å²) in [6, 6.07) is 12.6. The summed E-state index contributed by atoms with van der Waals surface area (Å²) in [7, 11) is 0. The highest BCUT2D eigenvalue weighted by Crippen LogP contribution is 2.28. The van der Waals surface area contributed by atoms with Crippen molar-refractivity contribution in [3.05, 3.63) is 52.5 Å². The number of anilines is 2. The second kappa shape index (κ2) is 12.2. The molecule has 1 saturated heterocycles. The van der Waals surface area contributed by atoms with Crippen molar-refractivity contribution in [1.29, 1.82) is 0 Å². The highest BCUT2D eigenvalue weighted by Gasteiger charge is 2.21. The second-order valence-corrected chi connectivity index (χ2v) is 9.19. The Kier molecular flexibility index (Phi) is 9.38. The Labute approximate surface area is 215 Å². The molecular weight excluding hydrogens is 495 g/mol. The highest BCUT2D eigenvalue weighted by molar-refractivity contribution is 7.80. The van der Waals surface area contributed by atoms with Crippen LogP contribution in [-0.4, -0.2) is 54.1 Å². The van der Waals surface area contributed by atoms with Crippen molar-refractivity contribution in [3.63, 3.8) is 0 Å². The van der Waals surface area contributed by atoms with Gasteiger partial charge in [-0.25, -0.2) is 0 Å². The van der Waals surface area contributed by atoms with E-state index in [2.05, 4.69) is 15.5 Å². The summed E-state index contributed by atoms with van der Waals surface area (Å²) >= 11 is 17.2. The standard InChI is InChI=1S/C24H28Cl2N4O3S/c1-3-4-22(31)30-13-11-29(12-14-30)19-8-6-18(7-9-19)27-24(34)28-23(32)16(2)33-21-10-5-17(25)15-20(21)26/h5-10,15-16H,3-4,11-14H2,1-2H3,(H2,27,28,32,34). The van der Waals surface area contributed by atoms with Gasteiger partial charge in [0.2, 0.25) is 5.91 Å². The molecule has 0 bridgehead atoms. The fourth-order valence-corrected chi connectivity index (χ4v) is 4.20. The summed E-state index contributed by atoms with van der Waals surface area (Å²) in [6.07, 6.45) is 0.665. The minimum atomic E-state index is -0.816. The lowest BCUT2D eigenvalue weighted by Gasteiger charge is -2.36. The van der Waals surface area contributed by atoms with E-state index in [4.69, 9.17) is 40.2 Å². The normalized spacial score (nSPS) is 14.4. The third kappa shape index (κ3) is 7.22. The van der Waals surface area contributed by atoms with Crippen LogP contribution in [0.25, 0.3) is 0 Å². The summed E-state index contributed by atoms with van der Waals surface area (Å²) < 4.78 is 5.61. The zero-order chi connectivity index (χ0) is 24.7. The van der Waals surface area contributed by atoms with Gasteiger partial charge in [-0.1, -0.05) is 30.1 Å². The quantitative estimate of drug-likeness (QED) is 0.512. The molecule has 3 rings (SSSR count). The number of halogens is 2. The van der Waals surface area contributed by atoms with Gasteiger partial charge in [-0.2, -0.15) is 0 Å². The van der Waals surface area contributed by atoms with E-state index in [9.17, 15) is 9.59 Å². The number of nitrogens with one attached hydrogen (secondary N) is 2. The minimum Gasteiger partial charge on any atom is -0.479 e. The molecule has 34 heavy (non-hydrogen) atoms. The molecule has 7 nitrogen and oxygen atoms in total. The maximum atomic E-state index is 12.4. The Balaban J connectivity index is 1.47. The van der Waals surface area contributed by atoms with Gasteiger partial charge in [-0.3, -0.25) is 14.9 Å². The molecular formula is C24H28Cl2N4O3S. The zero-order valence-corrected chi connectivity index (χ0v) is 21.5. The topological polar surface area (TPSA) is 73.9 Å². The average molecular weight is 523 g/mol. The lowest BCUT2D eigenvalue weighted by molar-refractivity contribution is -0.131. The lowest BCUT2D eigenvalue weighted by Crippen LogP contribution is -2.48. The van der Waals surface area contributed by atoms with Crippen LogP contribution in [0, 0.1) is 0 Å². The first kappa shape index (κ1) is 26.1. The highest BCUT2D eigenvalue weighted by atomic mass is 35.5. The molecule has 1 aliphatic heterocycles. The summed E-state index contributed by atoms with van der Waals surface area (Å²) in [5, 5.41) is 6.60. The number of ether oxygens (including phenoxy) is 1. The van der Waals surface area contributed by atoms with Crippen LogP contribution in [0.2, 0.25) is 10.0 Å². The number of hydrogen-bond acceptors (Lipinski definition) is 5. The summed E-state index contributed by atoms with van der Waals surface area (Å²) in [5.74, 6) is 0.183. The summed E-state index contributed by atoms with van der Waals surface area (Å²) in [5.41, 5.74) is 1.82. The monoisotopic (exact) mass is 522 g/mol. The fourth-order valence-electron chi connectivity index (χ4n) is 3.53. The molecule has 2 N–H and O–H groups in total. The molecule has 1 aliphatic rings. The minimum absolute atomic E-state index is 0.165. The van der Waals surface area contributed by atoms with Crippen LogP contribution in [0.1, 0.15) is 26.7 Å². The SMILES string of the molecule is CCCC(=O)N1CCN(c2ccc(NC(=S)NC(=O)C(C)Oc3ccc(Cl)cc3Cl)cc2)CC1. The number of carbonyl (C=O) groups is 2. The molecule has 1 atom stereocenters. The largest absolute Gasteiger partial charge is 0.479 e. The average Bonchev–Trinajstić information content (AvgIpc) is 2.81. The van der Waals surface area contributed by atoms with Gasteiger partial charge in [0.25, 0.3) is 5.91 Å². The molecule has 0 radical (unpaired) electrons. The van der Waals surface area contributed by atoms with Crippen LogP contribution >= 0.6 is 35.4 Å². The van der Waals surface area contributed by atoms with Crippen molar-refractivity contribution in [2.75, 3.05) is 36.4 Å². The molecule has 1 fully saturated rings. The third-order valence-electron chi connectivity index (χ3n) is 5.39. The van der Waals surface area contributed by atoms with Gasteiger partial charge in [-0.05, 0) is 68.0 Å². The number of thiocarbonyl (C=S) groups is 1. The van der Waals surface area contributed by atoms with Crippen molar-refractivity contribution < 1.29 is 14.3 Å². The van der Waals surface area contributed by atoms with Gasteiger partial charge in [-0.15, -0.1) is 0 Å². The molecule has 0 saturated carbocycles. The van der Waals surface area contributed by atoms with Crippen molar-refractivity contribution >= 4 is 63.7 Å². The van der Waals surface area contributed by atoms with Crippen LogP contribution in [0.5, 0.6) is 5.75 Å². The molecule has 2 aromatic rings. The van der Waals surface area contributed by atoms with Gasteiger partial charge >= 0.3 is 0 Å². The van der Waals surface area contributed by atoms with Crippen molar-refractivity contribution in [3.8, 4) is 5.75 Å². The summed E-state index contributed by atoms with van der Waals surface area (Å²) in [6.45, 7) is 6.69. The first-order chi connectivity index (χ1) is 16.3. The van der Waals surface area contributed by atoms with Crippen molar-refractivity contribution in [2.24, 2.45) is 0 Å². The van der Waals surface area contributed by atoms with Gasteiger partial charge in [0.05, 0.1) is 5.02 Å². The van der Waals surface area contributed by atoms with Crippen molar-refractivity contribution in [1.82, 2.24) is 10.2 Å². The Morgan fingerprint density at radius 3 is 2.38 bits per heavy atom. The van der Waals surface area contributed by atoms with Gasteiger partial charge in [0, 0.05) is 49.0 Å². The molecule has 182 valence electrons. The molecule has 1 unspecified atom stereocenters. The first-order valence-corrected chi connectivity index (χ1v) is 12.3. The van der Waals surface area contributed by atoms with Crippen LogP contribution in [0.15, 0.2) is 42.5 Å². The lowest BCUT2D eigenvalue weighted by atomic mass is 10.2. The third-order valence-corrected chi connectivity index (χ3v) is 6.12. The van der Waals surface area contributed by atoms with E-state index in [1.807, 2.05) is 36.1 Å². The van der Waals surface area contributed by atoms with E-state index < -0.39 is 12.0 Å². The zero-order valence-electron chi connectivity index (χ0n) is 19.1. The molecule has 10 heteroatoms. The van der Waals surface area contributed by atoms with E-state index in [0.29, 0.717) is 22.2 Å². The van der Waals surface area contributed by atoms with E-state index in [-0.39, 0.29) is 11.0 Å². The predicted octanol–water partition coefficient (Wildman–Crippen LogP) is 4.72. The first-order valence-electron chi connectivity index (χ1n) is 11.1. The number of carbonyl (C=O) groups excluding carboxylic acids is 2. The van der Waals surface area contributed by atoms with Crippen LogP contribution in [0.3, 0.4) is 0 Å². The maximum Gasteiger partial charge on any atom is 0.266 e. The van der Waals surface area contributed by atoms with Crippen molar-refractivity contribution in [2.45, 2.75) is 32.8 Å². The molecule has 0 aromatic heterocycles. The number of amides is 2. The van der Waals surface area contributed by atoms with Gasteiger partial charge < -0.3 is 19.9 Å². The Morgan fingerprint density at radius 1 is 1.09 bits per heavy atom. The van der Waals surface area contributed by atoms with E-state index in [0.717, 1.165) is 44.0 Å². The second-order valence-electron chi connectivity index (χ2n) is 7.94. The molecule has 2 amide bonds. The Hall–Kier alpha value is -2.55. The van der Waals surface area contributed by atoms with E-state index in [1.54, 1.807) is 25.1 Å². The van der Waals surface area contributed by atoms with Crippen LogP contribution < -0.4 is 20.3 Å². The van der Waals surface area contributed by atoms with E-state index in [1.165, 1.54) is 0 Å². The van der Waals surface area contributed by atoms with Gasteiger partial charge in [0.1, 0.15) is 5.75 Å². The number of rotatable bonds is 7. The molecule has 1 heterocycles. The van der Waals surface area contributed by atoms with Crippen LogP contribution in [0.4, 0.5) is 11.4 Å². The smallest absolute Gasteiger partial charge is 0.266 e. The number of hydrogen-bond donors (Lipinski definition) is 2. The Bertz CT molecular complexity index is 1030. The van der Waals surface area contributed by atoms with Gasteiger partial charge in [0.15, 0.2) is 11.2 Å². The fraction of sp³-hybridized carbons (Fsp3) is 0.375. The molecule has 0 aliphatic carbocycles. The Morgan fingerprint density at radius 2 is 1.76 bits per heavy atom. The van der Waals surface area contributed by atoms with E-state index >= 15 is 0 Å². The summed E-state index contributed by atoms with van der Waals surface area (Å²) in [4.78, 5) is 28.7. The van der Waals surface area contributed by atoms with Crippen LogP contribution in [-0.2, 0) is 9.59 Å². The number of nitrogens with zero attached hydrogens (tertiary/aromatic N) is 2. The number of piperazine rings is 1.